The summed E-state index contributed by atoms with van der Waals surface area (Å²) in [6, 6.07) is 3.54. The highest BCUT2D eigenvalue weighted by Gasteiger charge is 2.32. The molecule has 0 atom stereocenters. The molecule has 0 saturated heterocycles. The standard InChI is InChI=1S/C17H17FN4O4S3/c1-4-7-29(24,25)22(11-5-6-14(26-3)12(18)8-11)17(23)13-9-27-16(19-13)15-10(2)20-21-28-15/h5-6,8-9H,4,7H2,1-3H3. The van der Waals surface area contributed by atoms with E-state index in [4.69, 9.17) is 4.74 Å². The van der Waals surface area contributed by atoms with E-state index in [9.17, 15) is 17.6 Å². The summed E-state index contributed by atoms with van der Waals surface area (Å²) in [6.45, 7) is 3.44. The number of anilines is 1. The number of halogens is 1. The first kappa shape index (κ1) is 21.3. The van der Waals surface area contributed by atoms with E-state index in [0.717, 1.165) is 17.6 Å². The van der Waals surface area contributed by atoms with E-state index >= 15 is 0 Å². The molecule has 2 aromatic heterocycles. The van der Waals surface area contributed by atoms with Crippen LogP contribution in [0.1, 0.15) is 29.5 Å². The maximum Gasteiger partial charge on any atom is 0.291 e. The molecule has 3 aromatic rings. The average Bonchev–Trinajstić information content (AvgIpc) is 3.30. The Kier molecular flexibility index (Phi) is 6.24. The molecule has 0 bridgehead atoms. The van der Waals surface area contributed by atoms with Crippen molar-refractivity contribution in [3.63, 3.8) is 0 Å². The van der Waals surface area contributed by atoms with E-state index in [1.807, 2.05) is 0 Å². The van der Waals surface area contributed by atoms with Crippen LogP contribution in [0.2, 0.25) is 0 Å². The Morgan fingerprint density at radius 2 is 2.10 bits per heavy atom. The largest absolute Gasteiger partial charge is 0.494 e. The lowest BCUT2D eigenvalue weighted by molar-refractivity contribution is 0.100. The highest BCUT2D eigenvalue weighted by molar-refractivity contribution is 7.93. The summed E-state index contributed by atoms with van der Waals surface area (Å²) in [6.07, 6.45) is 0.290. The molecule has 0 radical (unpaired) electrons. The number of amides is 1. The molecule has 0 aliphatic rings. The number of benzene rings is 1. The molecule has 1 aromatic carbocycles. The molecule has 2 heterocycles. The average molecular weight is 457 g/mol. The predicted molar refractivity (Wildman–Crippen MR) is 110 cm³/mol. The number of aryl methyl sites for hydroxylation is 1. The van der Waals surface area contributed by atoms with Crippen LogP contribution in [0.4, 0.5) is 10.1 Å². The fourth-order valence-electron chi connectivity index (χ4n) is 2.54. The fourth-order valence-corrected chi connectivity index (χ4v) is 5.60. The molecule has 0 aliphatic carbocycles. The lowest BCUT2D eigenvalue weighted by Gasteiger charge is -2.22. The fraction of sp³-hybridized carbons (Fsp3) is 0.294. The Balaban J connectivity index is 2.05. The molecule has 8 nitrogen and oxygen atoms in total. The minimum absolute atomic E-state index is 0.0573. The summed E-state index contributed by atoms with van der Waals surface area (Å²) in [7, 11) is -2.75. The van der Waals surface area contributed by atoms with Gasteiger partial charge in [0.25, 0.3) is 5.91 Å². The zero-order chi connectivity index (χ0) is 21.2. The van der Waals surface area contributed by atoms with E-state index in [2.05, 4.69) is 14.6 Å². The summed E-state index contributed by atoms with van der Waals surface area (Å²) in [5.74, 6) is -1.97. The summed E-state index contributed by atoms with van der Waals surface area (Å²) < 4.78 is 49.1. The minimum atomic E-state index is -4.04. The second-order valence-corrected chi connectivity index (χ2v) is 9.48. The van der Waals surface area contributed by atoms with Crippen LogP contribution >= 0.6 is 22.9 Å². The van der Waals surface area contributed by atoms with Crippen molar-refractivity contribution in [3.8, 4) is 15.6 Å². The van der Waals surface area contributed by atoms with Crippen LogP contribution in [0.25, 0.3) is 9.88 Å². The molecule has 0 spiro atoms. The van der Waals surface area contributed by atoms with E-state index < -0.39 is 21.7 Å². The van der Waals surface area contributed by atoms with E-state index in [1.54, 1.807) is 13.8 Å². The lowest BCUT2D eigenvalue weighted by Crippen LogP contribution is -2.38. The molecule has 0 fully saturated rings. The van der Waals surface area contributed by atoms with Gasteiger partial charge >= 0.3 is 0 Å². The summed E-state index contributed by atoms with van der Waals surface area (Å²) in [5.41, 5.74) is 0.483. The van der Waals surface area contributed by atoms with Crippen molar-refractivity contribution in [1.82, 2.24) is 14.6 Å². The van der Waals surface area contributed by atoms with Crippen molar-refractivity contribution in [1.29, 1.82) is 0 Å². The van der Waals surface area contributed by atoms with Crippen molar-refractivity contribution >= 4 is 44.5 Å². The number of aromatic nitrogens is 3. The van der Waals surface area contributed by atoms with Crippen LogP contribution in [-0.2, 0) is 10.0 Å². The first-order valence-electron chi connectivity index (χ1n) is 8.44. The third-order valence-corrected chi connectivity index (χ3v) is 7.54. The summed E-state index contributed by atoms with van der Waals surface area (Å²) >= 11 is 2.31. The van der Waals surface area contributed by atoms with E-state index in [1.165, 1.54) is 36.0 Å². The Bertz CT molecular complexity index is 1140. The third-order valence-electron chi connectivity index (χ3n) is 3.86. The normalized spacial score (nSPS) is 11.4. The van der Waals surface area contributed by atoms with Gasteiger partial charge in [-0.25, -0.2) is 22.1 Å². The SMILES string of the molecule is CCCS(=O)(=O)N(C(=O)c1csc(-c2snnc2C)n1)c1ccc(OC)c(F)c1. The molecule has 0 N–H and O–H groups in total. The predicted octanol–water partition coefficient (Wildman–Crippen LogP) is 3.50. The number of ether oxygens (including phenoxy) is 1. The first-order chi connectivity index (χ1) is 13.8. The molecular formula is C17H17FN4O4S3. The third kappa shape index (κ3) is 4.28. The molecule has 1 amide bonds. The Hall–Kier alpha value is -2.44. The Morgan fingerprint density at radius 3 is 2.69 bits per heavy atom. The van der Waals surface area contributed by atoms with Crippen molar-refractivity contribution < 1.29 is 22.3 Å². The van der Waals surface area contributed by atoms with Crippen molar-refractivity contribution in [2.45, 2.75) is 20.3 Å². The molecule has 0 unspecified atom stereocenters. The Labute approximate surface area is 175 Å². The maximum absolute atomic E-state index is 14.2. The highest BCUT2D eigenvalue weighted by atomic mass is 32.2. The number of thiazole rings is 1. The van der Waals surface area contributed by atoms with Crippen molar-refractivity contribution in [2.75, 3.05) is 17.2 Å². The van der Waals surface area contributed by atoms with Gasteiger partial charge in [0, 0.05) is 11.4 Å². The van der Waals surface area contributed by atoms with Crippen LogP contribution in [0.15, 0.2) is 23.6 Å². The first-order valence-corrected chi connectivity index (χ1v) is 11.7. The second-order valence-electron chi connectivity index (χ2n) is 5.93. The zero-order valence-corrected chi connectivity index (χ0v) is 18.2. The number of hydrogen-bond acceptors (Lipinski definition) is 9. The van der Waals surface area contributed by atoms with Crippen LogP contribution in [0.5, 0.6) is 5.75 Å². The monoisotopic (exact) mass is 456 g/mol. The zero-order valence-electron chi connectivity index (χ0n) is 15.7. The summed E-state index contributed by atoms with van der Waals surface area (Å²) in [4.78, 5) is 18.1. The molecule has 29 heavy (non-hydrogen) atoms. The van der Waals surface area contributed by atoms with Gasteiger partial charge in [-0.15, -0.1) is 16.4 Å². The number of sulfonamides is 1. The van der Waals surface area contributed by atoms with Crippen LogP contribution < -0.4 is 9.04 Å². The van der Waals surface area contributed by atoms with Gasteiger partial charge in [-0.05, 0) is 37.0 Å². The molecule has 12 heteroatoms. The van der Waals surface area contributed by atoms with Crippen LogP contribution in [0.3, 0.4) is 0 Å². The number of methoxy groups -OCH3 is 1. The quantitative estimate of drug-likeness (QED) is 0.536. The molecule has 3 rings (SSSR count). The lowest BCUT2D eigenvalue weighted by atomic mass is 10.2. The van der Waals surface area contributed by atoms with Gasteiger partial charge in [-0.1, -0.05) is 11.4 Å². The van der Waals surface area contributed by atoms with Gasteiger partial charge in [0.15, 0.2) is 11.6 Å². The number of carbonyl (C=O) groups excluding carboxylic acids is 1. The van der Waals surface area contributed by atoms with Crippen LogP contribution in [-0.4, -0.2) is 41.8 Å². The Morgan fingerprint density at radius 1 is 1.34 bits per heavy atom. The van der Waals surface area contributed by atoms with E-state index in [0.29, 0.717) is 26.3 Å². The molecule has 0 aliphatic heterocycles. The van der Waals surface area contributed by atoms with Gasteiger partial charge in [-0.2, -0.15) is 0 Å². The van der Waals surface area contributed by atoms with Gasteiger partial charge in [0.2, 0.25) is 10.0 Å². The van der Waals surface area contributed by atoms with Gasteiger partial charge < -0.3 is 4.74 Å². The number of rotatable bonds is 7. The maximum atomic E-state index is 14.2. The van der Waals surface area contributed by atoms with Gasteiger partial charge in [-0.3, -0.25) is 4.79 Å². The minimum Gasteiger partial charge on any atom is -0.494 e. The number of nitrogens with zero attached hydrogens (tertiary/aromatic N) is 4. The number of hydrogen-bond donors (Lipinski definition) is 0. The molecule has 0 saturated carbocycles. The second kappa shape index (κ2) is 8.51. The topological polar surface area (TPSA) is 102 Å². The number of carbonyl (C=O) groups is 1. The van der Waals surface area contributed by atoms with Crippen LogP contribution in [0, 0.1) is 12.7 Å². The summed E-state index contributed by atoms with van der Waals surface area (Å²) in [5, 5.41) is 5.88. The smallest absolute Gasteiger partial charge is 0.291 e. The van der Waals surface area contributed by atoms with Gasteiger partial charge in [0.1, 0.15) is 15.6 Å². The van der Waals surface area contributed by atoms with Crippen molar-refractivity contribution in [3.05, 3.63) is 40.8 Å². The van der Waals surface area contributed by atoms with Crippen molar-refractivity contribution in [2.24, 2.45) is 0 Å². The highest BCUT2D eigenvalue weighted by Crippen LogP contribution is 2.31. The molecular weight excluding hydrogens is 439 g/mol. The molecule has 154 valence electrons. The van der Waals surface area contributed by atoms with E-state index in [-0.39, 0.29) is 22.9 Å². The van der Waals surface area contributed by atoms with Gasteiger partial charge in [0.05, 0.1) is 24.2 Å².